The molecular formula is C17H15NO6. The molecule has 0 aliphatic heterocycles. The van der Waals surface area contributed by atoms with E-state index in [4.69, 9.17) is 9.47 Å². The van der Waals surface area contributed by atoms with Crippen LogP contribution in [-0.4, -0.2) is 30.4 Å². The third-order valence-electron chi connectivity index (χ3n) is 3.39. The lowest BCUT2D eigenvalue weighted by Crippen LogP contribution is -2.15. The summed E-state index contributed by atoms with van der Waals surface area (Å²) in [5.41, 5.74) is 0.195. The van der Waals surface area contributed by atoms with Gasteiger partial charge in [0.05, 0.1) is 12.0 Å². The molecule has 0 fully saturated rings. The summed E-state index contributed by atoms with van der Waals surface area (Å²) in [6, 6.07) is 10.7. The SMILES string of the molecule is COc1ccc(C(=O)COC(=O)c2cccc(C)c2[N+](=O)[O-])cc1. The van der Waals surface area contributed by atoms with Crippen LogP contribution in [0, 0.1) is 17.0 Å². The number of ether oxygens (including phenoxy) is 2. The van der Waals surface area contributed by atoms with Crippen molar-refractivity contribution in [3.8, 4) is 5.75 Å². The van der Waals surface area contributed by atoms with E-state index in [1.807, 2.05) is 0 Å². The second kappa shape index (κ2) is 7.36. The van der Waals surface area contributed by atoms with Gasteiger partial charge in [0.2, 0.25) is 0 Å². The van der Waals surface area contributed by atoms with Crippen LogP contribution in [0.2, 0.25) is 0 Å². The first-order valence-corrected chi connectivity index (χ1v) is 7.02. The Bertz CT molecular complexity index is 782. The van der Waals surface area contributed by atoms with Gasteiger partial charge in [-0.3, -0.25) is 14.9 Å². The topological polar surface area (TPSA) is 95.7 Å². The highest BCUT2D eigenvalue weighted by atomic mass is 16.6. The Labute approximate surface area is 138 Å². The van der Waals surface area contributed by atoms with Crippen LogP contribution in [0.4, 0.5) is 5.69 Å². The maximum Gasteiger partial charge on any atom is 0.345 e. The standard InChI is InChI=1S/C17H15NO6/c1-11-4-3-5-14(16(11)18(21)22)17(20)24-10-15(19)12-6-8-13(23-2)9-7-12/h3-9H,10H2,1-2H3. The summed E-state index contributed by atoms with van der Waals surface area (Å²) in [5, 5.41) is 11.1. The van der Waals surface area contributed by atoms with E-state index in [0.717, 1.165) is 0 Å². The van der Waals surface area contributed by atoms with Gasteiger partial charge in [0, 0.05) is 11.1 Å². The van der Waals surface area contributed by atoms with E-state index in [1.165, 1.54) is 32.2 Å². The quantitative estimate of drug-likeness (QED) is 0.350. The van der Waals surface area contributed by atoms with Gasteiger partial charge in [0.25, 0.3) is 5.69 Å². The Kier molecular flexibility index (Phi) is 5.26. The van der Waals surface area contributed by atoms with Crippen molar-refractivity contribution in [1.29, 1.82) is 0 Å². The molecule has 0 spiro atoms. The highest BCUT2D eigenvalue weighted by Gasteiger charge is 2.24. The van der Waals surface area contributed by atoms with E-state index >= 15 is 0 Å². The number of Topliss-reactive ketones (excluding diaryl/α,β-unsaturated/α-hetero) is 1. The first-order valence-electron chi connectivity index (χ1n) is 7.02. The van der Waals surface area contributed by atoms with Gasteiger partial charge in [-0.25, -0.2) is 4.79 Å². The number of esters is 1. The highest BCUT2D eigenvalue weighted by molar-refractivity contribution is 6.00. The fourth-order valence-electron chi connectivity index (χ4n) is 2.14. The summed E-state index contributed by atoms with van der Waals surface area (Å²) in [7, 11) is 1.51. The predicted octanol–water partition coefficient (Wildman–Crippen LogP) is 2.95. The third kappa shape index (κ3) is 3.75. The van der Waals surface area contributed by atoms with E-state index < -0.39 is 23.3 Å². The van der Waals surface area contributed by atoms with Crippen molar-refractivity contribution in [2.24, 2.45) is 0 Å². The van der Waals surface area contributed by atoms with E-state index in [1.54, 1.807) is 24.3 Å². The number of nitrogens with zero attached hydrogens (tertiary/aromatic N) is 1. The monoisotopic (exact) mass is 329 g/mol. The molecule has 0 amide bonds. The maximum atomic E-state index is 12.1. The molecule has 24 heavy (non-hydrogen) atoms. The van der Waals surface area contributed by atoms with Gasteiger partial charge in [0.15, 0.2) is 12.4 Å². The number of aryl methyl sites for hydroxylation is 1. The zero-order chi connectivity index (χ0) is 17.7. The van der Waals surface area contributed by atoms with Crippen LogP contribution in [-0.2, 0) is 4.74 Å². The Morgan fingerprint density at radius 3 is 2.38 bits per heavy atom. The van der Waals surface area contributed by atoms with Crippen LogP contribution < -0.4 is 4.74 Å². The molecule has 0 aliphatic rings. The number of para-hydroxylation sites is 1. The van der Waals surface area contributed by atoms with Crippen LogP contribution in [0.15, 0.2) is 42.5 Å². The minimum Gasteiger partial charge on any atom is -0.497 e. The number of methoxy groups -OCH3 is 1. The van der Waals surface area contributed by atoms with Crippen molar-refractivity contribution in [1.82, 2.24) is 0 Å². The molecular weight excluding hydrogens is 314 g/mol. The van der Waals surface area contributed by atoms with E-state index in [-0.39, 0.29) is 11.3 Å². The number of carbonyl (C=O) groups excluding carboxylic acids is 2. The van der Waals surface area contributed by atoms with Crippen molar-refractivity contribution in [2.75, 3.05) is 13.7 Å². The second-order valence-corrected chi connectivity index (χ2v) is 4.96. The lowest BCUT2D eigenvalue weighted by Gasteiger charge is -2.07. The molecule has 0 heterocycles. The summed E-state index contributed by atoms with van der Waals surface area (Å²) < 4.78 is 9.91. The fourth-order valence-corrected chi connectivity index (χ4v) is 2.14. The summed E-state index contributed by atoms with van der Waals surface area (Å²) >= 11 is 0. The van der Waals surface area contributed by atoms with Gasteiger partial charge in [0.1, 0.15) is 11.3 Å². The van der Waals surface area contributed by atoms with Crippen molar-refractivity contribution in [2.45, 2.75) is 6.92 Å². The average Bonchev–Trinajstić information content (AvgIpc) is 2.58. The minimum absolute atomic E-state index is 0.178. The van der Waals surface area contributed by atoms with Crippen molar-refractivity contribution >= 4 is 17.4 Å². The molecule has 0 saturated carbocycles. The van der Waals surface area contributed by atoms with Gasteiger partial charge in [-0.2, -0.15) is 0 Å². The van der Waals surface area contributed by atoms with Crippen LogP contribution in [0.25, 0.3) is 0 Å². The number of nitro benzene ring substituents is 1. The summed E-state index contributed by atoms with van der Waals surface area (Å²) in [4.78, 5) is 34.5. The van der Waals surface area contributed by atoms with Crippen molar-refractivity contribution < 1.29 is 24.0 Å². The zero-order valence-corrected chi connectivity index (χ0v) is 13.1. The van der Waals surface area contributed by atoms with Gasteiger partial charge in [-0.05, 0) is 37.3 Å². The lowest BCUT2D eigenvalue weighted by molar-refractivity contribution is -0.385. The summed E-state index contributed by atoms with van der Waals surface area (Å²) in [5.74, 6) is -0.729. The van der Waals surface area contributed by atoms with Crippen molar-refractivity contribution in [3.63, 3.8) is 0 Å². The van der Waals surface area contributed by atoms with Gasteiger partial charge >= 0.3 is 5.97 Å². The molecule has 7 nitrogen and oxygen atoms in total. The smallest absolute Gasteiger partial charge is 0.345 e. The molecule has 0 bridgehead atoms. The van der Waals surface area contributed by atoms with Gasteiger partial charge in [-0.1, -0.05) is 12.1 Å². The minimum atomic E-state index is -0.910. The Morgan fingerprint density at radius 1 is 1.12 bits per heavy atom. The normalized spacial score (nSPS) is 10.1. The molecule has 0 atom stereocenters. The molecule has 124 valence electrons. The molecule has 2 rings (SSSR count). The number of benzene rings is 2. The van der Waals surface area contributed by atoms with Crippen LogP contribution in [0.3, 0.4) is 0 Å². The third-order valence-corrected chi connectivity index (χ3v) is 3.39. The number of nitro groups is 1. The first kappa shape index (κ1) is 17.1. The first-order chi connectivity index (χ1) is 11.4. The summed E-state index contributed by atoms with van der Waals surface area (Å²) in [6.07, 6.45) is 0. The largest absolute Gasteiger partial charge is 0.497 e. The predicted molar refractivity (Wildman–Crippen MR) is 85.4 cm³/mol. The van der Waals surface area contributed by atoms with Crippen LogP contribution in [0.1, 0.15) is 26.3 Å². The Balaban J connectivity index is 2.09. The molecule has 2 aromatic carbocycles. The van der Waals surface area contributed by atoms with E-state index in [2.05, 4.69) is 0 Å². The van der Waals surface area contributed by atoms with E-state index in [9.17, 15) is 19.7 Å². The Morgan fingerprint density at radius 2 is 1.79 bits per heavy atom. The second-order valence-electron chi connectivity index (χ2n) is 4.96. The molecule has 0 N–H and O–H groups in total. The molecule has 0 aromatic heterocycles. The number of rotatable bonds is 6. The molecule has 0 unspecified atom stereocenters. The van der Waals surface area contributed by atoms with Gasteiger partial charge in [-0.15, -0.1) is 0 Å². The highest BCUT2D eigenvalue weighted by Crippen LogP contribution is 2.23. The van der Waals surface area contributed by atoms with Crippen LogP contribution in [0.5, 0.6) is 5.75 Å². The molecule has 0 saturated heterocycles. The zero-order valence-electron chi connectivity index (χ0n) is 13.1. The number of hydrogen-bond acceptors (Lipinski definition) is 6. The number of carbonyl (C=O) groups is 2. The maximum absolute atomic E-state index is 12.1. The lowest BCUT2D eigenvalue weighted by atomic mass is 10.1. The Hall–Kier alpha value is -3.22. The van der Waals surface area contributed by atoms with Gasteiger partial charge < -0.3 is 9.47 Å². The number of hydrogen-bond donors (Lipinski definition) is 0. The van der Waals surface area contributed by atoms with Crippen LogP contribution >= 0.6 is 0 Å². The summed E-state index contributed by atoms with van der Waals surface area (Å²) in [6.45, 7) is 1.02. The fraction of sp³-hybridized carbons (Fsp3) is 0.176. The average molecular weight is 329 g/mol. The van der Waals surface area contributed by atoms with E-state index in [0.29, 0.717) is 16.9 Å². The van der Waals surface area contributed by atoms with Crippen molar-refractivity contribution in [3.05, 3.63) is 69.3 Å². The molecule has 2 aromatic rings. The molecule has 0 radical (unpaired) electrons. The number of ketones is 1. The molecule has 7 heteroatoms. The molecule has 0 aliphatic carbocycles.